The molecule has 1 rings (SSSR count). The molecule has 0 amide bonds. The van der Waals surface area contributed by atoms with Crippen molar-refractivity contribution in [1.29, 1.82) is 0 Å². The fraction of sp³-hybridized carbons (Fsp3) is 0.273. The average molecular weight is 253 g/mol. The standard InChI is InChI=1S/C11H13BrN2/c1-3-7-14(4-2)11-6-5-9(12)8-10(11)13/h1,5-6,8H,4,7,13H2,2H3. The van der Waals surface area contributed by atoms with Crippen LogP contribution in [0.15, 0.2) is 22.7 Å². The van der Waals surface area contributed by atoms with Crippen LogP contribution in [0.1, 0.15) is 6.92 Å². The molecule has 1 aromatic rings. The van der Waals surface area contributed by atoms with E-state index in [1.807, 2.05) is 18.2 Å². The van der Waals surface area contributed by atoms with E-state index in [-0.39, 0.29) is 0 Å². The number of hydrogen-bond acceptors (Lipinski definition) is 2. The van der Waals surface area contributed by atoms with Gasteiger partial charge in [0.2, 0.25) is 0 Å². The van der Waals surface area contributed by atoms with Crippen LogP contribution in [0.2, 0.25) is 0 Å². The molecule has 2 N–H and O–H groups in total. The summed E-state index contributed by atoms with van der Waals surface area (Å²) in [5.74, 6) is 2.62. The Kier molecular flexibility index (Phi) is 3.84. The molecule has 0 spiro atoms. The van der Waals surface area contributed by atoms with Crippen molar-refractivity contribution in [3.05, 3.63) is 22.7 Å². The normalized spacial score (nSPS) is 9.50. The van der Waals surface area contributed by atoms with Gasteiger partial charge in [-0.05, 0) is 25.1 Å². The van der Waals surface area contributed by atoms with Crippen molar-refractivity contribution in [2.75, 3.05) is 23.7 Å². The summed E-state index contributed by atoms with van der Waals surface area (Å²) in [5.41, 5.74) is 7.63. The van der Waals surface area contributed by atoms with E-state index >= 15 is 0 Å². The molecular formula is C11H13BrN2. The minimum absolute atomic E-state index is 0.586. The van der Waals surface area contributed by atoms with E-state index in [4.69, 9.17) is 12.2 Å². The lowest BCUT2D eigenvalue weighted by molar-refractivity contribution is 0.920. The Bertz CT molecular complexity index is 355. The fourth-order valence-electron chi connectivity index (χ4n) is 1.29. The molecule has 0 atom stereocenters. The zero-order valence-electron chi connectivity index (χ0n) is 8.13. The predicted molar refractivity (Wildman–Crippen MR) is 65.3 cm³/mol. The number of rotatable bonds is 3. The molecule has 0 saturated carbocycles. The predicted octanol–water partition coefficient (Wildman–Crippen LogP) is 2.49. The maximum absolute atomic E-state index is 5.89. The Labute approximate surface area is 93.2 Å². The third-order valence-corrected chi connectivity index (χ3v) is 2.49. The molecule has 0 radical (unpaired) electrons. The van der Waals surface area contributed by atoms with Gasteiger partial charge in [-0.25, -0.2) is 0 Å². The van der Waals surface area contributed by atoms with Gasteiger partial charge in [0.1, 0.15) is 0 Å². The lowest BCUT2D eigenvalue weighted by Gasteiger charge is -2.22. The van der Waals surface area contributed by atoms with Gasteiger partial charge in [-0.15, -0.1) is 6.42 Å². The van der Waals surface area contributed by atoms with E-state index in [1.165, 1.54) is 0 Å². The van der Waals surface area contributed by atoms with Crippen LogP contribution in [-0.4, -0.2) is 13.1 Å². The molecule has 0 bridgehead atoms. The first-order valence-electron chi connectivity index (χ1n) is 4.42. The number of hydrogen-bond donors (Lipinski definition) is 1. The van der Waals surface area contributed by atoms with Gasteiger partial charge in [0.15, 0.2) is 0 Å². The Morgan fingerprint density at radius 3 is 2.79 bits per heavy atom. The maximum Gasteiger partial charge on any atom is 0.0792 e. The Balaban J connectivity index is 2.99. The second-order valence-electron chi connectivity index (χ2n) is 2.92. The zero-order valence-corrected chi connectivity index (χ0v) is 9.71. The molecule has 0 heterocycles. The number of halogens is 1. The minimum Gasteiger partial charge on any atom is -0.397 e. The number of nitrogens with two attached hydrogens (primary N) is 1. The third-order valence-electron chi connectivity index (χ3n) is 1.99. The van der Waals surface area contributed by atoms with E-state index in [1.54, 1.807) is 0 Å². The van der Waals surface area contributed by atoms with E-state index < -0.39 is 0 Å². The zero-order chi connectivity index (χ0) is 10.6. The van der Waals surface area contributed by atoms with Crippen molar-refractivity contribution < 1.29 is 0 Å². The van der Waals surface area contributed by atoms with Crippen LogP contribution < -0.4 is 10.6 Å². The molecule has 0 aliphatic heterocycles. The Morgan fingerprint density at radius 1 is 1.57 bits per heavy atom. The number of nitrogens with zero attached hydrogens (tertiary/aromatic N) is 1. The van der Waals surface area contributed by atoms with Crippen molar-refractivity contribution in [2.45, 2.75) is 6.92 Å². The highest BCUT2D eigenvalue weighted by atomic mass is 79.9. The van der Waals surface area contributed by atoms with Gasteiger partial charge in [0, 0.05) is 11.0 Å². The first-order valence-corrected chi connectivity index (χ1v) is 5.21. The second kappa shape index (κ2) is 4.92. The summed E-state index contributed by atoms with van der Waals surface area (Å²) in [5, 5.41) is 0. The molecule has 0 aliphatic carbocycles. The van der Waals surface area contributed by atoms with Gasteiger partial charge in [-0.3, -0.25) is 0 Å². The highest BCUT2D eigenvalue weighted by Gasteiger charge is 2.06. The number of benzene rings is 1. The van der Waals surface area contributed by atoms with Crippen molar-refractivity contribution >= 4 is 27.3 Å². The summed E-state index contributed by atoms with van der Waals surface area (Å²) >= 11 is 3.37. The Hall–Kier alpha value is -1.14. The van der Waals surface area contributed by atoms with E-state index in [0.717, 1.165) is 22.4 Å². The molecule has 0 unspecified atom stereocenters. The molecule has 74 valence electrons. The van der Waals surface area contributed by atoms with Crippen LogP contribution in [0.3, 0.4) is 0 Å². The SMILES string of the molecule is C#CCN(CC)c1ccc(Br)cc1N. The highest BCUT2D eigenvalue weighted by molar-refractivity contribution is 9.10. The second-order valence-corrected chi connectivity index (χ2v) is 3.84. The third kappa shape index (κ3) is 2.43. The van der Waals surface area contributed by atoms with Crippen LogP contribution in [-0.2, 0) is 0 Å². The van der Waals surface area contributed by atoms with Gasteiger partial charge in [-0.1, -0.05) is 21.9 Å². The molecule has 0 aliphatic rings. The molecule has 1 aromatic carbocycles. The fourth-order valence-corrected chi connectivity index (χ4v) is 1.67. The van der Waals surface area contributed by atoms with E-state index in [0.29, 0.717) is 6.54 Å². The summed E-state index contributed by atoms with van der Waals surface area (Å²) in [4.78, 5) is 2.06. The van der Waals surface area contributed by atoms with Crippen molar-refractivity contribution in [3.63, 3.8) is 0 Å². The quantitative estimate of drug-likeness (QED) is 0.662. The van der Waals surface area contributed by atoms with Gasteiger partial charge < -0.3 is 10.6 Å². The summed E-state index contributed by atoms with van der Waals surface area (Å²) in [6, 6.07) is 5.82. The minimum atomic E-state index is 0.586. The molecule has 14 heavy (non-hydrogen) atoms. The average Bonchev–Trinajstić information content (AvgIpc) is 2.15. The first kappa shape index (κ1) is 10.9. The molecule has 0 aromatic heterocycles. The van der Waals surface area contributed by atoms with Gasteiger partial charge >= 0.3 is 0 Å². The Morgan fingerprint density at radius 2 is 2.29 bits per heavy atom. The van der Waals surface area contributed by atoms with Crippen LogP contribution >= 0.6 is 15.9 Å². The topological polar surface area (TPSA) is 29.3 Å². The lowest BCUT2D eigenvalue weighted by Crippen LogP contribution is -2.23. The molecule has 2 nitrogen and oxygen atoms in total. The maximum atomic E-state index is 5.89. The van der Waals surface area contributed by atoms with Crippen molar-refractivity contribution in [1.82, 2.24) is 0 Å². The summed E-state index contributed by atoms with van der Waals surface area (Å²) in [7, 11) is 0. The number of terminal acetylenes is 1. The van der Waals surface area contributed by atoms with Crippen LogP contribution in [0.4, 0.5) is 11.4 Å². The highest BCUT2D eigenvalue weighted by Crippen LogP contribution is 2.26. The number of anilines is 2. The monoisotopic (exact) mass is 252 g/mol. The van der Waals surface area contributed by atoms with Crippen LogP contribution in [0, 0.1) is 12.3 Å². The smallest absolute Gasteiger partial charge is 0.0792 e. The lowest BCUT2D eigenvalue weighted by atomic mass is 10.2. The number of nitrogen functional groups attached to an aromatic ring is 1. The van der Waals surface area contributed by atoms with Crippen molar-refractivity contribution in [2.24, 2.45) is 0 Å². The molecule has 3 heteroatoms. The molecular weight excluding hydrogens is 240 g/mol. The van der Waals surface area contributed by atoms with Crippen LogP contribution in [0.25, 0.3) is 0 Å². The first-order chi connectivity index (χ1) is 6.69. The summed E-state index contributed by atoms with van der Waals surface area (Å²) in [6.45, 7) is 3.50. The van der Waals surface area contributed by atoms with E-state index in [2.05, 4.69) is 33.7 Å². The molecule has 0 saturated heterocycles. The van der Waals surface area contributed by atoms with Gasteiger partial charge in [-0.2, -0.15) is 0 Å². The largest absolute Gasteiger partial charge is 0.397 e. The summed E-state index contributed by atoms with van der Waals surface area (Å²) < 4.78 is 0.982. The van der Waals surface area contributed by atoms with Crippen LogP contribution in [0.5, 0.6) is 0 Å². The van der Waals surface area contributed by atoms with Gasteiger partial charge in [0.05, 0.1) is 17.9 Å². The summed E-state index contributed by atoms with van der Waals surface area (Å²) in [6.07, 6.45) is 5.28. The van der Waals surface area contributed by atoms with Crippen molar-refractivity contribution in [3.8, 4) is 12.3 Å². The molecule has 0 fully saturated rings. The van der Waals surface area contributed by atoms with E-state index in [9.17, 15) is 0 Å². The van der Waals surface area contributed by atoms with Gasteiger partial charge in [0.25, 0.3) is 0 Å².